The molecule has 0 aliphatic heterocycles. The Bertz CT molecular complexity index is 1210. The van der Waals surface area contributed by atoms with Crippen molar-refractivity contribution in [2.24, 2.45) is 0 Å². The van der Waals surface area contributed by atoms with Crippen molar-refractivity contribution >= 4 is 28.4 Å². The minimum Gasteiger partial charge on any atom is -0.320 e. The SMILES string of the molecule is Cc1cc(Nc2nc3ccccc3[nH]c2=O)n(-c2ccc([N+](=O)[O-])cc2)n1. The molecule has 4 rings (SSSR count). The second-order valence-corrected chi connectivity index (χ2v) is 5.91. The molecule has 27 heavy (non-hydrogen) atoms. The van der Waals surface area contributed by atoms with E-state index in [4.69, 9.17) is 0 Å². The maximum absolute atomic E-state index is 12.3. The molecule has 0 atom stereocenters. The van der Waals surface area contributed by atoms with Gasteiger partial charge in [0.2, 0.25) is 0 Å². The zero-order valence-corrected chi connectivity index (χ0v) is 14.2. The van der Waals surface area contributed by atoms with Gasteiger partial charge in [-0.25, -0.2) is 9.67 Å². The van der Waals surface area contributed by atoms with Crippen LogP contribution in [0.25, 0.3) is 16.7 Å². The first-order chi connectivity index (χ1) is 13.0. The Morgan fingerprint density at radius 2 is 1.89 bits per heavy atom. The van der Waals surface area contributed by atoms with Crippen LogP contribution in [0.15, 0.2) is 59.4 Å². The first-order valence-electron chi connectivity index (χ1n) is 8.09. The molecule has 0 saturated heterocycles. The molecule has 0 saturated carbocycles. The van der Waals surface area contributed by atoms with E-state index < -0.39 is 4.92 Å². The van der Waals surface area contributed by atoms with Crippen LogP contribution in [-0.4, -0.2) is 24.7 Å². The Balaban J connectivity index is 1.74. The third kappa shape index (κ3) is 3.13. The summed E-state index contributed by atoms with van der Waals surface area (Å²) in [7, 11) is 0. The number of H-pyrrole nitrogens is 1. The third-order valence-corrected chi connectivity index (χ3v) is 3.98. The number of nitro benzene ring substituents is 1. The highest BCUT2D eigenvalue weighted by atomic mass is 16.6. The fourth-order valence-corrected chi connectivity index (χ4v) is 2.74. The van der Waals surface area contributed by atoms with Crippen molar-refractivity contribution in [3.8, 4) is 5.69 Å². The summed E-state index contributed by atoms with van der Waals surface area (Å²) in [6.45, 7) is 1.81. The summed E-state index contributed by atoms with van der Waals surface area (Å²) in [4.78, 5) is 29.8. The second-order valence-electron chi connectivity index (χ2n) is 5.91. The molecule has 9 heteroatoms. The topological polar surface area (TPSA) is 119 Å². The van der Waals surface area contributed by atoms with Gasteiger partial charge in [0.05, 0.1) is 27.3 Å². The monoisotopic (exact) mass is 362 g/mol. The van der Waals surface area contributed by atoms with Crippen LogP contribution >= 0.6 is 0 Å². The summed E-state index contributed by atoms with van der Waals surface area (Å²) < 4.78 is 1.56. The molecule has 0 radical (unpaired) electrons. The molecule has 0 fully saturated rings. The van der Waals surface area contributed by atoms with Gasteiger partial charge in [-0.2, -0.15) is 5.10 Å². The van der Waals surface area contributed by atoms with E-state index in [1.165, 1.54) is 12.1 Å². The molecule has 0 bridgehead atoms. The number of non-ortho nitro benzene ring substituents is 1. The van der Waals surface area contributed by atoms with Crippen molar-refractivity contribution in [2.45, 2.75) is 6.92 Å². The molecule has 0 spiro atoms. The van der Waals surface area contributed by atoms with Gasteiger partial charge in [0.25, 0.3) is 11.2 Å². The Morgan fingerprint density at radius 1 is 1.15 bits per heavy atom. The van der Waals surface area contributed by atoms with E-state index in [2.05, 4.69) is 20.4 Å². The number of hydrogen-bond donors (Lipinski definition) is 2. The predicted octanol–water partition coefficient (Wildman–Crippen LogP) is 3.07. The molecule has 9 nitrogen and oxygen atoms in total. The highest BCUT2D eigenvalue weighted by Crippen LogP contribution is 2.22. The van der Waals surface area contributed by atoms with Crippen molar-refractivity contribution in [3.63, 3.8) is 0 Å². The van der Waals surface area contributed by atoms with Gasteiger partial charge in [0.1, 0.15) is 5.82 Å². The zero-order valence-electron chi connectivity index (χ0n) is 14.2. The summed E-state index contributed by atoms with van der Waals surface area (Å²) in [5, 5.41) is 18.2. The molecule has 2 N–H and O–H groups in total. The highest BCUT2D eigenvalue weighted by molar-refractivity contribution is 5.75. The van der Waals surface area contributed by atoms with Crippen molar-refractivity contribution in [1.82, 2.24) is 19.7 Å². The van der Waals surface area contributed by atoms with Crippen LogP contribution in [0.1, 0.15) is 5.69 Å². The molecular formula is C18H14N6O3. The average molecular weight is 362 g/mol. The van der Waals surface area contributed by atoms with Gasteiger partial charge >= 0.3 is 0 Å². The lowest BCUT2D eigenvalue weighted by atomic mass is 10.3. The summed E-state index contributed by atoms with van der Waals surface area (Å²) >= 11 is 0. The molecule has 2 aromatic heterocycles. The highest BCUT2D eigenvalue weighted by Gasteiger charge is 2.13. The standard InChI is InChI=1S/C18H14N6O3/c1-11-10-16(23(22-11)12-6-8-13(9-7-12)24(26)27)21-17-18(25)20-15-5-3-2-4-14(15)19-17/h2-10H,1H3,(H,19,21)(H,20,25). The van der Waals surface area contributed by atoms with Gasteiger partial charge in [0, 0.05) is 18.2 Å². The van der Waals surface area contributed by atoms with Crippen molar-refractivity contribution in [2.75, 3.05) is 5.32 Å². The molecule has 134 valence electrons. The number of nitro groups is 1. The molecule has 0 aliphatic carbocycles. The van der Waals surface area contributed by atoms with E-state index >= 15 is 0 Å². The number of aryl methyl sites for hydroxylation is 1. The third-order valence-electron chi connectivity index (χ3n) is 3.98. The molecule has 0 unspecified atom stereocenters. The number of nitrogens with zero attached hydrogens (tertiary/aromatic N) is 4. The number of hydrogen-bond acceptors (Lipinski definition) is 6. The number of aromatic amines is 1. The van der Waals surface area contributed by atoms with Crippen molar-refractivity contribution < 1.29 is 4.92 Å². The fraction of sp³-hybridized carbons (Fsp3) is 0.0556. The number of fused-ring (bicyclic) bond motifs is 1. The van der Waals surface area contributed by atoms with Crippen LogP contribution in [-0.2, 0) is 0 Å². The fourth-order valence-electron chi connectivity index (χ4n) is 2.74. The summed E-state index contributed by atoms with van der Waals surface area (Å²) in [6.07, 6.45) is 0. The number of anilines is 2. The van der Waals surface area contributed by atoms with E-state index in [1.807, 2.05) is 19.1 Å². The van der Waals surface area contributed by atoms with E-state index in [9.17, 15) is 14.9 Å². The van der Waals surface area contributed by atoms with Gasteiger partial charge in [-0.05, 0) is 31.2 Å². The number of rotatable bonds is 4. The molecule has 2 heterocycles. The maximum atomic E-state index is 12.3. The Hall–Kier alpha value is -4.01. The van der Waals surface area contributed by atoms with E-state index in [0.717, 1.165) is 0 Å². The van der Waals surface area contributed by atoms with Crippen LogP contribution < -0.4 is 10.9 Å². The van der Waals surface area contributed by atoms with E-state index in [1.54, 1.807) is 35.0 Å². The lowest BCUT2D eigenvalue weighted by Gasteiger charge is -2.09. The minimum absolute atomic E-state index is 0.00947. The van der Waals surface area contributed by atoms with Crippen LogP contribution in [0.5, 0.6) is 0 Å². The lowest BCUT2D eigenvalue weighted by Crippen LogP contribution is -2.15. The first kappa shape index (κ1) is 16.5. The lowest BCUT2D eigenvalue weighted by molar-refractivity contribution is -0.384. The molecule has 2 aromatic carbocycles. The van der Waals surface area contributed by atoms with Crippen molar-refractivity contribution in [3.05, 3.63) is 80.8 Å². The van der Waals surface area contributed by atoms with E-state index in [-0.39, 0.29) is 17.1 Å². The van der Waals surface area contributed by atoms with Gasteiger partial charge in [0.15, 0.2) is 5.82 Å². The molecule has 0 amide bonds. The Kier molecular flexibility index (Phi) is 3.88. The largest absolute Gasteiger partial charge is 0.320 e. The smallest absolute Gasteiger partial charge is 0.291 e. The maximum Gasteiger partial charge on any atom is 0.291 e. The van der Waals surface area contributed by atoms with Crippen LogP contribution in [0, 0.1) is 17.0 Å². The Labute approximate surface area is 152 Å². The summed E-state index contributed by atoms with van der Waals surface area (Å²) in [5.74, 6) is 0.659. The number of nitrogens with one attached hydrogen (secondary N) is 2. The van der Waals surface area contributed by atoms with Gasteiger partial charge < -0.3 is 10.3 Å². The Morgan fingerprint density at radius 3 is 2.63 bits per heavy atom. The normalized spacial score (nSPS) is 10.9. The number of para-hydroxylation sites is 2. The zero-order chi connectivity index (χ0) is 19.0. The second kappa shape index (κ2) is 6.37. The minimum atomic E-state index is -0.462. The molecular weight excluding hydrogens is 348 g/mol. The van der Waals surface area contributed by atoms with Crippen LogP contribution in [0.3, 0.4) is 0 Å². The van der Waals surface area contributed by atoms with Gasteiger partial charge in [-0.15, -0.1) is 0 Å². The number of aromatic nitrogens is 4. The molecule has 0 aliphatic rings. The first-order valence-corrected chi connectivity index (χ1v) is 8.09. The quantitative estimate of drug-likeness (QED) is 0.425. The van der Waals surface area contributed by atoms with Crippen molar-refractivity contribution in [1.29, 1.82) is 0 Å². The summed E-state index contributed by atoms with van der Waals surface area (Å²) in [5.41, 5.74) is 2.26. The van der Waals surface area contributed by atoms with E-state index in [0.29, 0.717) is 28.2 Å². The number of benzene rings is 2. The average Bonchev–Trinajstić information content (AvgIpc) is 3.02. The van der Waals surface area contributed by atoms with Crippen LogP contribution in [0.2, 0.25) is 0 Å². The van der Waals surface area contributed by atoms with Gasteiger partial charge in [-0.1, -0.05) is 12.1 Å². The van der Waals surface area contributed by atoms with Crippen LogP contribution in [0.4, 0.5) is 17.3 Å². The summed E-state index contributed by atoms with van der Waals surface area (Å²) in [6, 6.07) is 15.0. The van der Waals surface area contributed by atoms with Gasteiger partial charge in [-0.3, -0.25) is 14.9 Å². The predicted molar refractivity (Wildman–Crippen MR) is 101 cm³/mol. The molecule has 4 aromatic rings.